The molecule has 0 aliphatic heterocycles. The highest BCUT2D eigenvalue weighted by atomic mass is 16.6. The molecule has 0 heterocycles. The van der Waals surface area contributed by atoms with Gasteiger partial charge in [-0.2, -0.15) is 0 Å². The third-order valence-electron chi connectivity index (χ3n) is 3.76. The Labute approximate surface area is 156 Å². The van der Waals surface area contributed by atoms with Gasteiger partial charge in [-0.3, -0.25) is 9.79 Å². The number of carbonyl (C=O) groups is 2. The van der Waals surface area contributed by atoms with Crippen molar-refractivity contribution in [2.45, 2.75) is 84.5 Å². The van der Waals surface area contributed by atoms with Crippen molar-refractivity contribution in [3.63, 3.8) is 0 Å². The standard InChI is InChI=1S/C19H34N2O5/c1-6-8-9-11-20-15(7-2)13-16(21-17(24)14(3)23)18(25)26-19(4,5)10-12-22/h7,11,14,16,22-23H,6,8-10,12-13H2,1-5H3,(H,21,24)/b15-7-,20-11-. The number of aliphatic imine (C=N–C) groups is 1. The van der Waals surface area contributed by atoms with Crippen LogP contribution in [-0.4, -0.2) is 52.7 Å². The molecule has 0 rings (SSSR count). The normalized spacial score (nSPS) is 15.0. The van der Waals surface area contributed by atoms with Crippen LogP contribution in [0.5, 0.6) is 0 Å². The molecular formula is C19H34N2O5. The van der Waals surface area contributed by atoms with Crippen LogP contribution in [-0.2, 0) is 14.3 Å². The Morgan fingerprint density at radius 1 is 1.35 bits per heavy atom. The first-order chi connectivity index (χ1) is 12.2. The summed E-state index contributed by atoms with van der Waals surface area (Å²) in [7, 11) is 0. The molecule has 150 valence electrons. The van der Waals surface area contributed by atoms with Gasteiger partial charge in [0, 0.05) is 31.4 Å². The minimum Gasteiger partial charge on any atom is -0.458 e. The van der Waals surface area contributed by atoms with Gasteiger partial charge < -0.3 is 20.3 Å². The molecule has 0 aliphatic rings. The minimum absolute atomic E-state index is 0.118. The van der Waals surface area contributed by atoms with Crippen LogP contribution < -0.4 is 5.32 Å². The summed E-state index contributed by atoms with van der Waals surface area (Å²) >= 11 is 0. The van der Waals surface area contributed by atoms with Gasteiger partial charge in [0.1, 0.15) is 17.7 Å². The highest BCUT2D eigenvalue weighted by Crippen LogP contribution is 2.17. The van der Waals surface area contributed by atoms with Gasteiger partial charge in [0.25, 0.3) is 0 Å². The number of rotatable bonds is 12. The van der Waals surface area contributed by atoms with Crippen molar-refractivity contribution in [2.75, 3.05) is 6.61 Å². The first-order valence-corrected chi connectivity index (χ1v) is 9.16. The molecule has 7 nitrogen and oxygen atoms in total. The number of ether oxygens (including phenoxy) is 1. The number of carbonyl (C=O) groups excluding carboxylic acids is 2. The molecule has 1 amide bonds. The maximum atomic E-state index is 12.5. The monoisotopic (exact) mass is 370 g/mol. The molecule has 0 aromatic carbocycles. The van der Waals surface area contributed by atoms with Gasteiger partial charge in [0.15, 0.2) is 0 Å². The smallest absolute Gasteiger partial charge is 0.329 e. The number of allylic oxidation sites excluding steroid dienone is 1. The predicted octanol–water partition coefficient (Wildman–Crippen LogP) is 2.11. The molecule has 0 spiro atoms. The lowest BCUT2D eigenvalue weighted by Crippen LogP contribution is -2.47. The van der Waals surface area contributed by atoms with Gasteiger partial charge in [-0.1, -0.05) is 19.4 Å². The van der Waals surface area contributed by atoms with Crippen molar-refractivity contribution in [1.82, 2.24) is 5.32 Å². The Morgan fingerprint density at radius 2 is 2.00 bits per heavy atom. The van der Waals surface area contributed by atoms with Gasteiger partial charge in [0.2, 0.25) is 5.91 Å². The molecule has 0 aliphatic carbocycles. The van der Waals surface area contributed by atoms with E-state index in [4.69, 9.17) is 9.84 Å². The fourth-order valence-corrected chi connectivity index (χ4v) is 2.08. The van der Waals surface area contributed by atoms with Crippen molar-refractivity contribution in [3.05, 3.63) is 11.8 Å². The number of nitrogens with one attached hydrogen (secondary N) is 1. The van der Waals surface area contributed by atoms with E-state index in [1.807, 2.05) is 0 Å². The van der Waals surface area contributed by atoms with E-state index in [9.17, 15) is 14.7 Å². The van der Waals surface area contributed by atoms with Gasteiger partial charge >= 0.3 is 5.97 Å². The second-order valence-corrected chi connectivity index (χ2v) is 6.83. The van der Waals surface area contributed by atoms with Crippen LogP contribution in [0.2, 0.25) is 0 Å². The molecule has 2 unspecified atom stereocenters. The molecule has 2 atom stereocenters. The van der Waals surface area contributed by atoms with Gasteiger partial charge in [0.05, 0.1) is 0 Å². The zero-order valence-electron chi connectivity index (χ0n) is 16.6. The van der Waals surface area contributed by atoms with E-state index < -0.39 is 29.6 Å². The fraction of sp³-hybridized carbons (Fsp3) is 0.737. The van der Waals surface area contributed by atoms with Gasteiger partial charge in [-0.05, 0) is 40.5 Å². The Balaban J connectivity index is 5.17. The summed E-state index contributed by atoms with van der Waals surface area (Å²) in [6, 6.07) is -0.968. The van der Waals surface area contributed by atoms with E-state index in [0.717, 1.165) is 19.3 Å². The topological polar surface area (TPSA) is 108 Å². The second kappa shape index (κ2) is 12.6. The van der Waals surface area contributed by atoms with Crippen molar-refractivity contribution >= 4 is 18.1 Å². The lowest BCUT2D eigenvalue weighted by Gasteiger charge is -2.27. The number of aliphatic hydroxyl groups is 2. The Kier molecular flexibility index (Phi) is 11.8. The Bertz CT molecular complexity index is 498. The first kappa shape index (κ1) is 24.3. The van der Waals surface area contributed by atoms with Crippen LogP contribution in [0.4, 0.5) is 0 Å². The van der Waals surface area contributed by atoms with E-state index in [2.05, 4.69) is 17.2 Å². The van der Waals surface area contributed by atoms with E-state index in [-0.39, 0.29) is 19.4 Å². The number of amides is 1. The van der Waals surface area contributed by atoms with Crippen molar-refractivity contribution < 1.29 is 24.5 Å². The number of hydrogen-bond acceptors (Lipinski definition) is 6. The summed E-state index contributed by atoms with van der Waals surface area (Å²) < 4.78 is 5.44. The third-order valence-corrected chi connectivity index (χ3v) is 3.76. The number of unbranched alkanes of at least 4 members (excludes halogenated alkanes) is 2. The average molecular weight is 370 g/mol. The quantitative estimate of drug-likeness (QED) is 0.277. The number of aliphatic hydroxyl groups excluding tert-OH is 2. The van der Waals surface area contributed by atoms with E-state index in [1.54, 1.807) is 33.1 Å². The van der Waals surface area contributed by atoms with Crippen LogP contribution in [0.3, 0.4) is 0 Å². The molecule has 0 radical (unpaired) electrons. The highest BCUT2D eigenvalue weighted by Gasteiger charge is 2.30. The number of nitrogens with zero attached hydrogens (tertiary/aromatic N) is 1. The van der Waals surface area contributed by atoms with Gasteiger partial charge in [-0.15, -0.1) is 0 Å². The summed E-state index contributed by atoms with van der Waals surface area (Å²) in [6.07, 6.45) is 5.71. The van der Waals surface area contributed by atoms with Crippen LogP contribution in [0, 0.1) is 0 Å². The maximum Gasteiger partial charge on any atom is 0.329 e. The van der Waals surface area contributed by atoms with E-state index >= 15 is 0 Å². The highest BCUT2D eigenvalue weighted by molar-refractivity contribution is 5.87. The van der Waals surface area contributed by atoms with Crippen LogP contribution in [0.1, 0.15) is 66.7 Å². The van der Waals surface area contributed by atoms with Crippen LogP contribution in [0.15, 0.2) is 16.8 Å². The van der Waals surface area contributed by atoms with Crippen LogP contribution in [0.25, 0.3) is 0 Å². The van der Waals surface area contributed by atoms with E-state index in [1.165, 1.54) is 6.92 Å². The molecule has 0 aromatic heterocycles. The summed E-state index contributed by atoms with van der Waals surface area (Å²) in [5.74, 6) is -1.28. The second-order valence-electron chi connectivity index (χ2n) is 6.83. The van der Waals surface area contributed by atoms with E-state index in [0.29, 0.717) is 5.70 Å². The SMILES string of the molecule is C/C=C(CC(NC(=O)C(C)O)C(=O)OC(C)(C)CCO)\N=C/CCCC. The molecule has 0 bridgehead atoms. The predicted molar refractivity (Wildman–Crippen MR) is 102 cm³/mol. The molecule has 26 heavy (non-hydrogen) atoms. The molecule has 0 saturated carbocycles. The molecule has 0 aromatic rings. The van der Waals surface area contributed by atoms with Crippen LogP contribution >= 0.6 is 0 Å². The molecule has 0 fully saturated rings. The third kappa shape index (κ3) is 10.3. The molecule has 3 N–H and O–H groups in total. The Hall–Kier alpha value is -1.73. The zero-order valence-corrected chi connectivity index (χ0v) is 16.6. The number of esters is 1. The fourth-order valence-electron chi connectivity index (χ4n) is 2.08. The lowest BCUT2D eigenvalue weighted by atomic mass is 10.1. The molecule has 7 heteroatoms. The summed E-state index contributed by atoms with van der Waals surface area (Å²) in [5, 5.41) is 21.0. The zero-order chi connectivity index (χ0) is 20.2. The van der Waals surface area contributed by atoms with Crippen molar-refractivity contribution in [1.29, 1.82) is 0 Å². The molecule has 0 saturated heterocycles. The summed E-state index contributed by atoms with van der Waals surface area (Å²) in [6.45, 7) is 8.49. The largest absolute Gasteiger partial charge is 0.458 e. The van der Waals surface area contributed by atoms with Crippen molar-refractivity contribution in [2.24, 2.45) is 4.99 Å². The maximum absolute atomic E-state index is 12.5. The lowest BCUT2D eigenvalue weighted by molar-refractivity contribution is -0.161. The summed E-state index contributed by atoms with van der Waals surface area (Å²) in [4.78, 5) is 28.8. The Morgan fingerprint density at radius 3 is 2.50 bits per heavy atom. The van der Waals surface area contributed by atoms with Crippen molar-refractivity contribution in [3.8, 4) is 0 Å². The first-order valence-electron chi connectivity index (χ1n) is 9.16. The van der Waals surface area contributed by atoms with Gasteiger partial charge in [-0.25, -0.2) is 4.79 Å². The molecular weight excluding hydrogens is 336 g/mol. The average Bonchev–Trinajstić information content (AvgIpc) is 2.55. The minimum atomic E-state index is -1.24. The summed E-state index contributed by atoms with van der Waals surface area (Å²) in [5.41, 5.74) is -0.214. The number of hydrogen-bond donors (Lipinski definition) is 3.